The Hall–Kier alpha value is 0.0200. The van der Waals surface area contributed by atoms with Crippen molar-refractivity contribution in [3.8, 4) is 0 Å². The third kappa shape index (κ3) is 2.99. The van der Waals surface area contributed by atoms with Gasteiger partial charge in [0, 0.05) is 41.9 Å². The second-order valence-electron chi connectivity index (χ2n) is 3.97. The molecule has 0 bridgehead atoms. The number of hydrogen-bond donors (Lipinski definition) is 1. The Morgan fingerprint density at radius 1 is 1.27 bits per heavy atom. The molecule has 1 N–H and O–H groups in total. The van der Waals surface area contributed by atoms with E-state index in [0.717, 1.165) is 13.1 Å². The van der Waals surface area contributed by atoms with Gasteiger partial charge in [-0.05, 0) is 0 Å². The zero-order chi connectivity index (χ0) is 10.9. The minimum atomic E-state index is -2.87. The molecular formula is C8H16N2O3S2. The molecule has 88 valence electrons. The smallest absolute Gasteiger partial charge is 0.154 e. The first-order chi connectivity index (χ1) is 7.07. The predicted octanol–water partition coefficient (Wildman–Crippen LogP) is -1.61. The third-order valence-corrected chi connectivity index (χ3v) is 5.78. The molecule has 5 nitrogen and oxygen atoms in total. The van der Waals surface area contributed by atoms with Crippen LogP contribution in [0.4, 0.5) is 0 Å². The minimum Gasteiger partial charge on any atom is -0.300 e. The first kappa shape index (κ1) is 11.5. The fourth-order valence-electron chi connectivity index (χ4n) is 1.96. The van der Waals surface area contributed by atoms with E-state index in [4.69, 9.17) is 0 Å². The highest BCUT2D eigenvalue weighted by atomic mass is 32.2. The van der Waals surface area contributed by atoms with Crippen LogP contribution in [0.15, 0.2) is 0 Å². The summed E-state index contributed by atoms with van der Waals surface area (Å²) in [5.41, 5.74) is 0. The van der Waals surface area contributed by atoms with Gasteiger partial charge in [-0.3, -0.25) is 14.4 Å². The van der Waals surface area contributed by atoms with Crippen LogP contribution in [0.3, 0.4) is 0 Å². The highest BCUT2D eigenvalue weighted by Gasteiger charge is 2.30. The van der Waals surface area contributed by atoms with Crippen molar-refractivity contribution in [3.63, 3.8) is 0 Å². The SMILES string of the molecule is O=S1CCN(C2CS(=O)(=O)CCN2)CC1. The normalized spacial score (nSPS) is 34.0. The van der Waals surface area contributed by atoms with E-state index in [1.165, 1.54) is 0 Å². The Kier molecular flexibility index (Phi) is 3.44. The van der Waals surface area contributed by atoms with Gasteiger partial charge in [0.1, 0.15) is 0 Å². The summed E-state index contributed by atoms with van der Waals surface area (Å²) in [5.74, 6) is 1.76. The van der Waals surface area contributed by atoms with Crippen LogP contribution in [0.25, 0.3) is 0 Å². The van der Waals surface area contributed by atoms with Crippen molar-refractivity contribution in [1.82, 2.24) is 10.2 Å². The molecule has 2 fully saturated rings. The second-order valence-corrected chi connectivity index (χ2v) is 7.89. The number of sulfone groups is 1. The monoisotopic (exact) mass is 252 g/mol. The molecule has 0 aromatic carbocycles. The van der Waals surface area contributed by atoms with E-state index in [1.807, 2.05) is 0 Å². The van der Waals surface area contributed by atoms with Gasteiger partial charge in [0.25, 0.3) is 0 Å². The van der Waals surface area contributed by atoms with Crippen molar-refractivity contribution in [2.24, 2.45) is 0 Å². The van der Waals surface area contributed by atoms with Gasteiger partial charge in [-0.15, -0.1) is 0 Å². The van der Waals surface area contributed by atoms with Gasteiger partial charge < -0.3 is 0 Å². The van der Waals surface area contributed by atoms with Crippen LogP contribution in [0, 0.1) is 0 Å². The molecule has 1 unspecified atom stereocenters. The summed E-state index contributed by atoms with van der Waals surface area (Å²) in [6, 6.07) is 0. The second kappa shape index (κ2) is 4.48. The minimum absolute atomic E-state index is 0.0685. The number of rotatable bonds is 1. The lowest BCUT2D eigenvalue weighted by atomic mass is 10.4. The summed E-state index contributed by atoms with van der Waals surface area (Å²) in [4.78, 5) is 2.10. The average Bonchev–Trinajstić information content (AvgIpc) is 2.17. The third-order valence-electron chi connectivity index (χ3n) is 2.86. The molecule has 7 heteroatoms. The highest BCUT2D eigenvalue weighted by Crippen LogP contribution is 2.09. The summed E-state index contributed by atoms with van der Waals surface area (Å²) < 4.78 is 34.0. The van der Waals surface area contributed by atoms with Crippen molar-refractivity contribution >= 4 is 20.6 Å². The van der Waals surface area contributed by atoms with Crippen LogP contribution in [-0.2, 0) is 20.6 Å². The largest absolute Gasteiger partial charge is 0.300 e. The Morgan fingerprint density at radius 3 is 2.53 bits per heavy atom. The predicted molar refractivity (Wildman–Crippen MR) is 59.9 cm³/mol. The summed E-state index contributed by atoms with van der Waals surface area (Å²) in [7, 11) is -3.58. The fraction of sp³-hybridized carbons (Fsp3) is 1.00. The maximum absolute atomic E-state index is 11.4. The van der Waals surface area contributed by atoms with Gasteiger partial charge in [0.05, 0.1) is 17.7 Å². The molecule has 2 heterocycles. The first-order valence-corrected chi connectivity index (χ1v) is 8.41. The zero-order valence-corrected chi connectivity index (χ0v) is 10.1. The molecule has 2 saturated heterocycles. The number of hydrogen-bond acceptors (Lipinski definition) is 5. The molecule has 0 amide bonds. The quantitative estimate of drug-likeness (QED) is 0.608. The van der Waals surface area contributed by atoms with Gasteiger partial charge in [0.15, 0.2) is 9.84 Å². The van der Waals surface area contributed by atoms with E-state index in [2.05, 4.69) is 10.2 Å². The summed E-state index contributed by atoms with van der Waals surface area (Å²) >= 11 is 0. The summed E-state index contributed by atoms with van der Waals surface area (Å²) in [5, 5.41) is 3.21. The van der Waals surface area contributed by atoms with Crippen molar-refractivity contribution in [3.05, 3.63) is 0 Å². The standard InChI is InChI=1S/C8H16N2O3S2/c11-14-4-2-10(3-5-14)8-7-15(12,13)6-1-9-8/h8-9H,1-7H2. The van der Waals surface area contributed by atoms with Gasteiger partial charge in [0.2, 0.25) is 0 Å². The van der Waals surface area contributed by atoms with E-state index in [-0.39, 0.29) is 17.7 Å². The molecular weight excluding hydrogens is 236 g/mol. The summed E-state index contributed by atoms with van der Waals surface area (Å²) in [6.07, 6.45) is -0.0685. The van der Waals surface area contributed by atoms with E-state index in [9.17, 15) is 12.6 Å². The Balaban J connectivity index is 1.96. The molecule has 15 heavy (non-hydrogen) atoms. The lowest BCUT2D eigenvalue weighted by Crippen LogP contribution is -2.57. The lowest BCUT2D eigenvalue weighted by molar-refractivity contribution is 0.195. The Bertz CT molecular complexity index is 345. The maximum Gasteiger partial charge on any atom is 0.154 e. The van der Waals surface area contributed by atoms with Gasteiger partial charge in [-0.25, -0.2) is 8.42 Å². The van der Waals surface area contributed by atoms with Crippen LogP contribution >= 0.6 is 0 Å². The van der Waals surface area contributed by atoms with E-state index >= 15 is 0 Å². The van der Waals surface area contributed by atoms with Crippen molar-refractivity contribution < 1.29 is 12.6 Å². The van der Waals surface area contributed by atoms with E-state index in [0.29, 0.717) is 18.1 Å². The highest BCUT2D eigenvalue weighted by molar-refractivity contribution is 7.91. The molecule has 0 radical (unpaired) electrons. The molecule has 0 aromatic rings. The molecule has 0 aromatic heterocycles. The van der Waals surface area contributed by atoms with Gasteiger partial charge in [-0.2, -0.15) is 0 Å². The Morgan fingerprint density at radius 2 is 1.93 bits per heavy atom. The molecule has 2 aliphatic rings. The van der Waals surface area contributed by atoms with Crippen LogP contribution in [0.2, 0.25) is 0 Å². The van der Waals surface area contributed by atoms with Crippen LogP contribution in [0.1, 0.15) is 0 Å². The van der Waals surface area contributed by atoms with Crippen LogP contribution < -0.4 is 5.32 Å². The van der Waals surface area contributed by atoms with Gasteiger partial charge in [-0.1, -0.05) is 0 Å². The van der Waals surface area contributed by atoms with Crippen molar-refractivity contribution in [2.45, 2.75) is 6.17 Å². The fourth-order valence-corrected chi connectivity index (χ4v) is 4.45. The molecule has 1 atom stereocenters. The van der Waals surface area contributed by atoms with Crippen molar-refractivity contribution in [2.75, 3.05) is 42.6 Å². The van der Waals surface area contributed by atoms with Crippen LogP contribution in [0.5, 0.6) is 0 Å². The molecule has 0 aliphatic carbocycles. The number of nitrogens with zero attached hydrogens (tertiary/aromatic N) is 1. The molecule has 2 rings (SSSR count). The molecule has 0 spiro atoms. The molecule has 0 saturated carbocycles. The average molecular weight is 252 g/mol. The first-order valence-electron chi connectivity index (χ1n) is 5.10. The van der Waals surface area contributed by atoms with E-state index < -0.39 is 20.6 Å². The lowest BCUT2D eigenvalue weighted by Gasteiger charge is -2.36. The van der Waals surface area contributed by atoms with Crippen molar-refractivity contribution in [1.29, 1.82) is 0 Å². The van der Waals surface area contributed by atoms with Gasteiger partial charge >= 0.3 is 0 Å². The number of nitrogens with one attached hydrogen (secondary N) is 1. The summed E-state index contributed by atoms with van der Waals surface area (Å²) in [6.45, 7) is 2.01. The maximum atomic E-state index is 11.4. The zero-order valence-electron chi connectivity index (χ0n) is 8.52. The topological polar surface area (TPSA) is 66.5 Å². The van der Waals surface area contributed by atoms with E-state index in [1.54, 1.807) is 0 Å². The Labute approximate surface area is 92.6 Å². The van der Waals surface area contributed by atoms with Crippen LogP contribution in [-0.4, -0.2) is 66.3 Å². The molecule has 2 aliphatic heterocycles.